The molecular formula is C20H24N4O2. The van der Waals surface area contributed by atoms with Gasteiger partial charge in [-0.05, 0) is 31.5 Å². The number of carbonyl (C=O) groups excluding carboxylic acids is 1. The molecule has 2 aromatic heterocycles. The molecule has 0 saturated heterocycles. The highest BCUT2D eigenvalue weighted by molar-refractivity contribution is 5.93. The SMILES string of the molecule is Cc1nn(C)c(C)c1NC(=O)CN(Cc1ccccc1)Cc1ccco1. The van der Waals surface area contributed by atoms with E-state index in [1.165, 1.54) is 0 Å². The molecule has 0 fully saturated rings. The second-order valence-electron chi connectivity index (χ2n) is 6.43. The smallest absolute Gasteiger partial charge is 0.238 e. The van der Waals surface area contributed by atoms with Crippen LogP contribution < -0.4 is 5.32 Å². The Labute approximate surface area is 153 Å². The van der Waals surface area contributed by atoms with Gasteiger partial charge in [0.25, 0.3) is 0 Å². The van der Waals surface area contributed by atoms with E-state index in [2.05, 4.69) is 27.4 Å². The minimum absolute atomic E-state index is 0.0633. The third-order valence-corrected chi connectivity index (χ3v) is 4.35. The zero-order chi connectivity index (χ0) is 18.5. The van der Waals surface area contributed by atoms with Gasteiger partial charge in [-0.3, -0.25) is 14.4 Å². The molecule has 0 aliphatic carbocycles. The summed E-state index contributed by atoms with van der Waals surface area (Å²) in [6.45, 7) is 5.34. The molecule has 0 saturated carbocycles. The first-order chi connectivity index (χ1) is 12.5. The molecule has 3 aromatic rings. The van der Waals surface area contributed by atoms with Crippen molar-refractivity contribution in [2.24, 2.45) is 7.05 Å². The molecule has 6 heteroatoms. The van der Waals surface area contributed by atoms with Crippen molar-refractivity contribution in [3.63, 3.8) is 0 Å². The molecule has 136 valence electrons. The van der Waals surface area contributed by atoms with Crippen LogP contribution in [-0.2, 0) is 24.9 Å². The maximum absolute atomic E-state index is 12.6. The van der Waals surface area contributed by atoms with Crippen molar-refractivity contribution in [1.29, 1.82) is 0 Å². The van der Waals surface area contributed by atoms with Gasteiger partial charge in [0.1, 0.15) is 5.76 Å². The van der Waals surface area contributed by atoms with Gasteiger partial charge in [-0.1, -0.05) is 30.3 Å². The monoisotopic (exact) mass is 352 g/mol. The van der Waals surface area contributed by atoms with Gasteiger partial charge < -0.3 is 9.73 Å². The van der Waals surface area contributed by atoms with Gasteiger partial charge in [0.15, 0.2) is 0 Å². The summed E-state index contributed by atoms with van der Waals surface area (Å²) in [5.41, 5.74) is 3.70. The van der Waals surface area contributed by atoms with Crippen LogP contribution in [0.15, 0.2) is 53.1 Å². The van der Waals surface area contributed by atoms with Crippen molar-refractivity contribution in [2.45, 2.75) is 26.9 Å². The van der Waals surface area contributed by atoms with E-state index < -0.39 is 0 Å². The molecule has 0 unspecified atom stereocenters. The third-order valence-electron chi connectivity index (χ3n) is 4.35. The highest BCUT2D eigenvalue weighted by Crippen LogP contribution is 2.18. The third kappa shape index (κ3) is 4.40. The summed E-state index contributed by atoms with van der Waals surface area (Å²) < 4.78 is 7.23. The predicted molar refractivity (Wildman–Crippen MR) is 101 cm³/mol. The summed E-state index contributed by atoms with van der Waals surface area (Å²) in [5.74, 6) is 0.772. The Morgan fingerprint density at radius 3 is 2.54 bits per heavy atom. The number of aromatic nitrogens is 2. The van der Waals surface area contributed by atoms with Crippen LogP contribution >= 0.6 is 0 Å². The van der Waals surface area contributed by atoms with Crippen molar-refractivity contribution in [3.8, 4) is 0 Å². The van der Waals surface area contributed by atoms with Crippen LogP contribution in [0.4, 0.5) is 5.69 Å². The minimum atomic E-state index is -0.0633. The molecule has 0 bridgehead atoms. The van der Waals surface area contributed by atoms with Crippen molar-refractivity contribution in [1.82, 2.24) is 14.7 Å². The molecule has 0 spiro atoms. The summed E-state index contributed by atoms with van der Waals surface area (Å²) in [6, 6.07) is 13.9. The first-order valence-corrected chi connectivity index (χ1v) is 8.61. The Hall–Kier alpha value is -2.86. The number of nitrogens with one attached hydrogen (secondary N) is 1. The minimum Gasteiger partial charge on any atom is -0.468 e. The quantitative estimate of drug-likeness (QED) is 0.709. The lowest BCUT2D eigenvalue weighted by Gasteiger charge is -2.21. The zero-order valence-electron chi connectivity index (χ0n) is 15.4. The van der Waals surface area contributed by atoms with Gasteiger partial charge in [0.05, 0.1) is 36.4 Å². The van der Waals surface area contributed by atoms with Gasteiger partial charge >= 0.3 is 0 Å². The van der Waals surface area contributed by atoms with Crippen LogP contribution in [0.1, 0.15) is 22.7 Å². The van der Waals surface area contributed by atoms with Crippen molar-refractivity contribution in [3.05, 3.63) is 71.4 Å². The Morgan fingerprint density at radius 1 is 1.15 bits per heavy atom. The standard InChI is InChI=1S/C20H24N4O2/c1-15-20(16(2)23(3)22-15)21-19(25)14-24(13-18-10-7-11-26-18)12-17-8-5-4-6-9-17/h4-11H,12-14H2,1-3H3,(H,21,25). The average molecular weight is 352 g/mol. The van der Waals surface area contributed by atoms with Crippen molar-refractivity contribution < 1.29 is 9.21 Å². The second kappa shape index (κ2) is 8.01. The molecule has 1 amide bonds. The molecule has 26 heavy (non-hydrogen) atoms. The number of aryl methyl sites for hydroxylation is 2. The van der Waals surface area contributed by atoms with Crippen LogP contribution in [0.5, 0.6) is 0 Å². The molecule has 0 aliphatic heterocycles. The number of carbonyl (C=O) groups is 1. The molecule has 0 atom stereocenters. The number of furan rings is 1. The summed E-state index contributed by atoms with van der Waals surface area (Å²) in [5, 5.41) is 7.35. The first-order valence-electron chi connectivity index (χ1n) is 8.61. The van der Waals surface area contributed by atoms with Crippen LogP contribution in [0.2, 0.25) is 0 Å². The number of hydrogen-bond donors (Lipinski definition) is 1. The van der Waals surface area contributed by atoms with Gasteiger partial charge in [-0.2, -0.15) is 5.10 Å². The van der Waals surface area contributed by atoms with E-state index >= 15 is 0 Å². The number of benzene rings is 1. The van der Waals surface area contributed by atoms with Crippen LogP contribution in [0.3, 0.4) is 0 Å². The Balaban J connectivity index is 1.70. The van der Waals surface area contributed by atoms with Crippen LogP contribution in [0.25, 0.3) is 0 Å². The molecule has 1 aromatic carbocycles. The normalized spacial score (nSPS) is 11.1. The predicted octanol–water partition coefficient (Wildman–Crippen LogP) is 3.27. The van der Waals surface area contributed by atoms with Crippen LogP contribution in [0, 0.1) is 13.8 Å². The molecule has 0 aliphatic rings. The van der Waals surface area contributed by atoms with Crippen LogP contribution in [-0.4, -0.2) is 27.1 Å². The first kappa shape index (κ1) is 17.9. The van der Waals surface area contributed by atoms with Gasteiger partial charge in [-0.15, -0.1) is 0 Å². The number of nitrogens with zero attached hydrogens (tertiary/aromatic N) is 3. The molecule has 0 radical (unpaired) electrons. The maximum atomic E-state index is 12.6. The van der Waals surface area contributed by atoms with E-state index in [-0.39, 0.29) is 12.5 Å². The lowest BCUT2D eigenvalue weighted by molar-refractivity contribution is -0.117. The summed E-state index contributed by atoms with van der Waals surface area (Å²) in [7, 11) is 1.87. The highest BCUT2D eigenvalue weighted by Gasteiger charge is 2.17. The number of amides is 1. The highest BCUT2D eigenvalue weighted by atomic mass is 16.3. The van der Waals surface area contributed by atoms with Crippen molar-refractivity contribution in [2.75, 3.05) is 11.9 Å². The average Bonchev–Trinajstić information content (AvgIpc) is 3.20. The molecule has 2 heterocycles. The van der Waals surface area contributed by atoms with Gasteiger partial charge in [0.2, 0.25) is 5.91 Å². The number of hydrogen-bond acceptors (Lipinski definition) is 4. The lowest BCUT2D eigenvalue weighted by Crippen LogP contribution is -2.32. The topological polar surface area (TPSA) is 63.3 Å². The van der Waals surface area contributed by atoms with E-state index in [0.717, 1.165) is 28.4 Å². The molecule has 6 nitrogen and oxygen atoms in total. The second-order valence-corrected chi connectivity index (χ2v) is 6.43. The lowest BCUT2D eigenvalue weighted by atomic mass is 10.2. The fourth-order valence-electron chi connectivity index (χ4n) is 2.97. The number of rotatable bonds is 7. The summed E-state index contributed by atoms with van der Waals surface area (Å²) >= 11 is 0. The maximum Gasteiger partial charge on any atom is 0.238 e. The molecule has 3 rings (SSSR count). The van der Waals surface area contributed by atoms with E-state index in [4.69, 9.17) is 4.42 Å². The number of anilines is 1. The van der Waals surface area contributed by atoms with E-state index in [1.54, 1.807) is 10.9 Å². The summed E-state index contributed by atoms with van der Waals surface area (Å²) in [6.07, 6.45) is 1.65. The molecular weight excluding hydrogens is 328 g/mol. The van der Waals surface area contributed by atoms with E-state index in [0.29, 0.717) is 13.1 Å². The van der Waals surface area contributed by atoms with E-state index in [9.17, 15) is 4.79 Å². The largest absolute Gasteiger partial charge is 0.468 e. The molecule has 1 N–H and O–H groups in total. The zero-order valence-corrected chi connectivity index (χ0v) is 15.4. The Kier molecular flexibility index (Phi) is 5.53. The fraction of sp³-hybridized carbons (Fsp3) is 0.300. The van der Waals surface area contributed by atoms with Gasteiger partial charge in [-0.25, -0.2) is 0 Å². The van der Waals surface area contributed by atoms with Gasteiger partial charge in [0, 0.05) is 13.6 Å². The summed E-state index contributed by atoms with van der Waals surface area (Å²) in [4.78, 5) is 14.7. The fourth-order valence-corrected chi connectivity index (χ4v) is 2.97. The Morgan fingerprint density at radius 2 is 1.92 bits per heavy atom. The van der Waals surface area contributed by atoms with Crippen molar-refractivity contribution >= 4 is 11.6 Å². The Bertz CT molecular complexity index is 854. The van der Waals surface area contributed by atoms with E-state index in [1.807, 2.05) is 51.2 Å².